The molecule has 186 valence electrons. The highest BCUT2D eigenvalue weighted by atomic mass is 79.9. The highest BCUT2D eigenvalue weighted by molar-refractivity contribution is 9.10. The van der Waals surface area contributed by atoms with Crippen molar-refractivity contribution in [3.05, 3.63) is 110 Å². The first-order chi connectivity index (χ1) is 18.1. The van der Waals surface area contributed by atoms with Gasteiger partial charge in [-0.05, 0) is 51.2 Å². The largest absolute Gasteiger partial charge is 0.493 e. The van der Waals surface area contributed by atoms with Crippen molar-refractivity contribution in [2.75, 3.05) is 13.7 Å². The van der Waals surface area contributed by atoms with E-state index in [9.17, 15) is 5.26 Å². The predicted octanol–water partition coefficient (Wildman–Crippen LogP) is 7.28. The minimum Gasteiger partial charge on any atom is -0.493 e. The van der Waals surface area contributed by atoms with Crippen LogP contribution in [0.2, 0.25) is 0 Å². The van der Waals surface area contributed by atoms with Crippen LogP contribution in [0.1, 0.15) is 32.7 Å². The zero-order valence-electron chi connectivity index (χ0n) is 20.5. The maximum absolute atomic E-state index is 9.91. The van der Waals surface area contributed by atoms with Crippen LogP contribution >= 0.6 is 27.3 Å². The lowest BCUT2D eigenvalue weighted by molar-refractivity contribution is 0.249. The van der Waals surface area contributed by atoms with Gasteiger partial charge in [0, 0.05) is 40.8 Å². The number of ether oxygens (including phenoxy) is 2. The highest BCUT2D eigenvalue weighted by Gasteiger charge is 2.24. The van der Waals surface area contributed by atoms with Gasteiger partial charge in [-0.3, -0.25) is 4.90 Å². The van der Waals surface area contributed by atoms with Gasteiger partial charge in [-0.1, -0.05) is 60.7 Å². The van der Waals surface area contributed by atoms with E-state index in [1.807, 2.05) is 48.5 Å². The number of fused-ring (bicyclic) bond motifs is 1. The molecule has 0 N–H and O–H groups in total. The second-order valence-electron chi connectivity index (χ2n) is 8.80. The Morgan fingerprint density at radius 3 is 2.49 bits per heavy atom. The molecule has 0 fully saturated rings. The lowest BCUT2D eigenvalue weighted by atomic mass is 10.0. The quantitative estimate of drug-likeness (QED) is 0.208. The first kappa shape index (κ1) is 25.2. The van der Waals surface area contributed by atoms with Crippen LogP contribution in [0.25, 0.3) is 0 Å². The van der Waals surface area contributed by atoms with Crippen molar-refractivity contribution in [1.82, 2.24) is 4.90 Å². The number of aliphatic imine (C=N–C) groups is 1. The summed E-state index contributed by atoms with van der Waals surface area (Å²) in [6, 6.07) is 26.7. The number of rotatable bonds is 8. The molecule has 7 heteroatoms. The number of methoxy groups -OCH3 is 1. The van der Waals surface area contributed by atoms with Crippen LogP contribution in [0.15, 0.2) is 82.3 Å². The van der Waals surface area contributed by atoms with E-state index in [0.29, 0.717) is 23.7 Å². The van der Waals surface area contributed by atoms with Crippen molar-refractivity contribution in [2.45, 2.75) is 26.1 Å². The van der Waals surface area contributed by atoms with Crippen molar-refractivity contribution in [3.8, 4) is 17.6 Å². The summed E-state index contributed by atoms with van der Waals surface area (Å²) in [5, 5.41) is 10.7. The van der Waals surface area contributed by atoms with Crippen LogP contribution in [0.4, 0.5) is 5.00 Å². The molecule has 1 aromatic heterocycles. The number of thiophene rings is 1. The predicted molar refractivity (Wildman–Crippen MR) is 152 cm³/mol. The Balaban J connectivity index is 1.33. The number of halogens is 1. The second-order valence-corrected chi connectivity index (χ2v) is 10.7. The first-order valence-corrected chi connectivity index (χ1v) is 13.6. The summed E-state index contributed by atoms with van der Waals surface area (Å²) in [4.78, 5) is 8.40. The lowest BCUT2D eigenvalue weighted by Crippen LogP contribution is -2.29. The summed E-state index contributed by atoms with van der Waals surface area (Å²) < 4.78 is 12.4. The Morgan fingerprint density at radius 2 is 1.78 bits per heavy atom. The molecular formula is C30H26BrN3O2S. The van der Waals surface area contributed by atoms with Crippen molar-refractivity contribution in [3.63, 3.8) is 0 Å². The molecule has 1 aliphatic rings. The number of nitriles is 1. The third-order valence-corrected chi connectivity index (χ3v) is 8.13. The van der Waals surface area contributed by atoms with Crippen LogP contribution in [-0.2, 0) is 26.1 Å². The molecule has 37 heavy (non-hydrogen) atoms. The Morgan fingerprint density at radius 1 is 1.05 bits per heavy atom. The van der Waals surface area contributed by atoms with E-state index in [4.69, 9.17) is 14.5 Å². The smallest absolute Gasteiger partial charge is 0.162 e. The monoisotopic (exact) mass is 571 g/mol. The first-order valence-electron chi connectivity index (χ1n) is 12.0. The summed E-state index contributed by atoms with van der Waals surface area (Å²) in [5.74, 6) is 1.28. The molecule has 0 atom stereocenters. The van der Waals surface area contributed by atoms with Crippen LogP contribution in [0, 0.1) is 11.3 Å². The van der Waals surface area contributed by atoms with Gasteiger partial charge in [-0.2, -0.15) is 5.26 Å². The van der Waals surface area contributed by atoms with Gasteiger partial charge in [0.15, 0.2) is 11.5 Å². The van der Waals surface area contributed by atoms with Crippen LogP contribution < -0.4 is 9.47 Å². The van der Waals surface area contributed by atoms with E-state index in [0.717, 1.165) is 52.2 Å². The van der Waals surface area contributed by atoms with E-state index in [-0.39, 0.29) is 0 Å². The minimum absolute atomic E-state index is 0.449. The van der Waals surface area contributed by atoms with Crippen molar-refractivity contribution < 1.29 is 9.47 Å². The molecule has 0 saturated carbocycles. The molecule has 0 bridgehead atoms. The standard InChI is InChI=1S/C30H26BrN3O2S/c1-35-27-14-23(26(31)15-28(27)36-20-22-10-6-3-7-11-22)17-33-30-25(16-32)24-12-13-34(19-29(24)37-30)18-21-8-4-2-5-9-21/h2-11,14-15,17H,12-13,18-20H2,1H3. The molecule has 0 amide bonds. The molecule has 2 heterocycles. The SMILES string of the molecule is COc1cc(C=Nc2sc3c(c2C#N)CCN(Cc2ccccc2)C3)c(Br)cc1OCc1ccccc1. The highest BCUT2D eigenvalue weighted by Crippen LogP contribution is 2.39. The molecule has 5 nitrogen and oxygen atoms in total. The van der Waals surface area contributed by atoms with Gasteiger partial charge in [0.1, 0.15) is 17.7 Å². The lowest BCUT2D eigenvalue weighted by Gasteiger charge is -2.26. The molecule has 0 aliphatic carbocycles. The molecule has 0 unspecified atom stereocenters. The fourth-order valence-electron chi connectivity index (χ4n) is 4.41. The minimum atomic E-state index is 0.449. The second kappa shape index (κ2) is 11.7. The summed E-state index contributed by atoms with van der Waals surface area (Å²) in [6.07, 6.45) is 2.65. The third-order valence-electron chi connectivity index (χ3n) is 6.32. The topological polar surface area (TPSA) is 57.8 Å². The van der Waals surface area contributed by atoms with Crippen LogP contribution in [-0.4, -0.2) is 24.8 Å². The third kappa shape index (κ3) is 5.94. The van der Waals surface area contributed by atoms with Crippen LogP contribution in [0.3, 0.4) is 0 Å². The number of benzene rings is 3. The number of hydrogen-bond donors (Lipinski definition) is 0. The van der Waals surface area contributed by atoms with E-state index in [1.165, 1.54) is 10.4 Å². The molecule has 0 radical (unpaired) electrons. The summed E-state index contributed by atoms with van der Waals surface area (Å²) in [5.41, 5.74) is 5.08. The van der Waals surface area contributed by atoms with E-state index >= 15 is 0 Å². The van der Waals surface area contributed by atoms with Gasteiger partial charge in [0.05, 0.1) is 12.7 Å². The van der Waals surface area contributed by atoms with E-state index in [1.54, 1.807) is 24.7 Å². The zero-order chi connectivity index (χ0) is 25.6. The Kier molecular flexibility index (Phi) is 8.00. The van der Waals surface area contributed by atoms with Gasteiger partial charge in [-0.25, -0.2) is 4.99 Å². The van der Waals surface area contributed by atoms with E-state index < -0.39 is 0 Å². The van der Waals surface area contributed by atoms with Crippen molar-refractivity contribution in [2.24, 2.45) is 4.99 Å². The molecular weight excluding hydrogens is 546 g/mol. The van der Waals surface area contributed by atoms with Gasteiger partial charge in [0.2, 0.25) is 0 Å². The van der Waals surface area contributed by atoms with Gasteiger partial charge in [-0.15, -0.1) is 11.3 Å². The Labute approximate surface area is 229 Å². The summed E-state index contributed by atoms with van der Waals surface area (Å²) in [7, 11) is 1.63. The van der Waals surface area contributed by atoms with E-state index in [2.05, 4.69) is 51.2 Å². The zero-order valence-corrected chi connectivity index (χ0v) is 22.9. The number of hydrogen-bond acceptors (Lipinski definition) is 6. The Hall–Kier alpha value is -3.44. The maximum atomic E-state index is 9.91. The molecule has 5 rings (SSSR count). The van der Waals surface area contributed by atoms with Gasteiger partial charge >= 0.3 is 0 Å². The van der Waals surface area contributed by atoms with Gasteiger partial charge < -0.3 is 9.47 Å². The van der Waals surface area contributed by atoms with Gasteiger partial charge in [0.25, 0.3) is 0 Å². The average Bonchev–Trinajstić information content (AvgIpc) is 3.29. The van der Waals surface area contributed by atoms with Crippen molar-refractivity contribution in [1.29, 1.82) is 5.26 Å². The molecule has 4 aromatic rings. The summed E-state index contributed by atoms with van der Waals surface area (Å²) in [6.45, 7) is 3.13. The molecule has 3 aromatic carbocycles. The average molecular weight is 573 g/mol. The van der Waals surface area contributed by atoms with Crippen molar-refractivity contribution >= 4 is 38.5 Å². The molecule has 0 spiro atoms. The number of nitrogens with zero attached hydrogens (tertiary/aromatic N) is 3. The normalized spacial score (nSPS) is 13.3. The molecule has 1 aliphatic heterocycles. The molecule has 0 saturated heterocycles. The Bertz CT molecular complexity index is 1450. The summed E-state index contributed by atoms with van der Waals surface area (Å²) >= 11 is 5.26. The fourth-order valence-corrected chi connectivity index (χ4v) is 6.02. The fraction of sp³-hybridized carbons (Fsp3) is 0.200. The maximum Gasteiger partial charge on any atom is 0.162 e. The van der Waals surface area contributed by atoms with Crippen LogP contribution in [0.5, 0.6) is 11.5 Å².